The molecule has 182 valence electrons. The van der Waals surface area contributed by atoms with Gasteiger partial charge in [0.1, 0.15) is 18.6 Å². The van der Waals surface area contributed by atoms with Gasteiger partial charge in [-0.3, -0.25) is 9.09 Å². The zero-order valence-electron chi connectivity index (χ0n) is 15.0. The minimum absolute atomic E-state index is 0.153. The molecule has 2 aliphatic rings. The number of nitrogen functional groups attached to an aromatic ring is 1. The lowest BCUT2D eigenvalue weighted by atomic mass is 10.1. The van der Waals surface area contributed by atoms with Crippen LogP contribution in [0, 0.1) is 0 Å². The Morgan fingerprint density at radius 3 is 2.25 bits per heavy atom. The Morgan fingerprint density at radius 2 is 1.78 bits per heavy atom. The Bertz CT molecular complexity index is 1140. The Balaban J connectivity index is 1.88. The maximum Gasteiger partial charge on any atom is 0.490 e. The Labute approximate surface area is 173 Å². The molecule has 6 atom stereocenters. The molecule has 2 heterocycles. The van der Waals surface area contributed by atoms with E-state index in [-0.39, 0.29) is 10.4 Å². The number of nitrogens with zero attached hydrogens (tertiary/aromatic N) is 2. The Hall–Kier alpha value is -1.20. The van der Waals surface area contributed by atoms with Crippen LogP contribution < -0.4 is 11.4 Å². The first-order valence-corrected chi connectivity index (χ1v) is 12.3. The van der Waals surface area contributed by atoms with Crippen molar-refractivity contribution in [2.24, 2.45) is 0 Å². The van der Waals surface area contributed by atoms with Gasteiger partial charge in [0.05, 0.1) is 0 Å². The number of fused-ring (bicyclic) bond motifs is 1. The monoisotopic (exact) mass is 533 g/mol. The summed E-state index contributed by atoms with van der Waals surface area (Å²) in [5, 5.41) is 10.4. The van der Waals surface area contributed by atoms with Crippen molar-refractivity contribution in [3.05, 3.63) is 22.7 Å². The number of aliphatic hydroxyl groups is 1. The van der Waals surface area contributed by atoms with Gasteiger partial charge in [-0.15, -0.1) is 0 Å². The van der Waals surface area contributed by atoms with Crippen LogP contribution in [0.2, 0.25) is 0 Å². The maximum atomic E-state index is 14.9. The van der Waals surface area contributed by atoms with Gasteiger partial charge < -0.3 is 35.2 Å². The molecule has 0 radical (unpaired) electrons. The average molecular weight is 533 g/mol. The number of rotatable bonds is 8. The second-order valence-electron chi connectivity index (χ2n) is 6.50. The van der Waals surface area contributed by atoms with Crippen molar-refractivity contribution >= 4 is 29.3 Å². The highest BCUT2D eigenvalue weighted by Crippen LogP contribution is 2.75. The number of anilines is 1. The van der Waals surface area contributed by atoms with Crippen LogP contribution in [0.5, 0.6) is 0 Å². The first-order chi connectivity index (χ1) is 14.3. The van der Waals surface area contributed by atoms with Crippen LogP contribution in [0.3, 0.4) is 0 Å². The van der Waals surface area contributed by atoms with Crippen molar-refractivity contribution in [3.8, 4) is 0 Å². The second kappa shape index (κ2) is 7.40. The molecular formula is C10H13F3N3O13P3. The molecule has 16 nitrogen and oxygen atoms in total. The van der Waals surface area contributed by atoms with Crippen LogP contribution in [0.4, 0.5) is 19.0 Å². The number of phosphoric acid groups is 3. The lowest BCUT2D eigenvalue weighted by Crippen LogP contribution is -2.46. The molecule has 3 rings (SSSR count). The second-order valence-corrected chi connectivity index (χ2v) is 10.9. The maximum absolute atomic E-state index is 14.9. The molecule has 1 aliphatic heterocycles. The van der Waals surface area contributed by atoms with E-state index >= 15 is 0 Å². The molecule has 32 heavy (non-hydrogen) atoms. The molecule has 1 aliphatic carbocycles. The molecule has 2 fully saturated rings. The van der Waals surface area contributed by atoms with Crippen LogP contribution in [-0.4, -0.2) is 64.1 Å². The number of hydrogen-bond acceptors (Lipinski definition) is 11. The first-order valence-electron chi connectivity index (χ1n) is 7.83. The van der Waals surface area contributed by atoms with Crippen LogP contribution in [-0.2, 0) is 31.6 Å². The summed E-state index contributed by atoms with van der Waals surface area (Å²) in [4.78, 5) is 50.5. The van der Waals surface area contributed by atoms with Gasteiger partial charge in [0.2, 0.25) is 6.23 Å². The molecule has 1 saturated carbocycles. The molecule has 0 bridgehead atoms. The molecule has 0 spiro atoms. The predicted octanol–water partition coefficient (Wildman–Crippen LogP) is -0.845. The first kappa shape index (κ1) is 25.4. The largest absolute Gasteiger partial charge is 0.490 e. The molecule has 0 amide bonds. The van der Waals surface area contributed by atoms with Gasteiger partial charge in [0, 0.05) is 6.20 Å². The van der Waals surface area contributed by atoms with Crippen LogP contribution in [0.15, 0.2) is 17.1 Å². The summed E-state index contributed by atoms with van der Waals surface area (Å²) >= 11 is 0. The van der Waals surface area contributed by atoms with Crippen molar-refractivity contribution in [2.75, 3.05) is 12.4 Å². The summed E-state index contributed by atoms with van der Waals surface area (Å²) in [6.45, 7) is -1.98. The lowest BCUT2D eigenvalue weighted by molar-refractivity contribution is -0.200. The number of aromatic nitrogens is 2. The summed E-state index contributed by atoms with van der Waals surface area (Å²) in [5.41, 5.74) is -2.91. The van der Waals surface area contributed by atoms with Crippen molar-refractivity contribution in [1.82, 2.24) is 9.55 Å². The highest BCUT2D eigenvalue weighted by molar-refractivity contribution is 7.66. The van der Waals surface area contributed by atoms with Crippen LogP contribution in [0.1, 0.15) is 6.23 Å². The van der Waals surface area contributed by atoms with Crippen molar-refractivity contribution in [2.45, 2.75) is 29.5 Å². The molecule has 0 aromatic carbocycles. The van der Waals surface area contributed by atoms with Gasteiger partial charge in [-0.2, -0.15) is 22.4 Å². The molecule has 22 heteroatoms. The molecule has 7 N–H and O–H groups in total. The van der Waals surface area contributed by atoms with Gasteiger partial charge in [0.15, 0.2) is 11.2 Å². The van der Waals surface area contributed by atoms with Gasteiger partial charge in [-0.05, 0) is 6.07 Å². The molecule has 1 saturated heterocycles. The summed E-state index contributed by atoms with van der Waals surface area (Å²) < 4.78 is 93.2. The smallest absolute Gasteiger partial charge is 0.383 e. The molecule has 1 aromatic rings. The van der Waals surface area contributed by atoms with Crippen molar-refractivity contribution < 1.29 is 69.4 Å². The summed E-state index contributed by atoms with van der Waals surface area (Å²) in [7, 11) is -17.8. The van der Waals surface area contributed by atoms with Gasteiger partial charge in [-0.1, -0.05) is 0 Å². The summed E-state index contributed by atoms with van der Waals surface area (Å²) in [5.74, 6) is -4.95. The third-order valence-corrected chi connectivity index (χ3v) is 8.27. The van der Waals surface area contributed by atoms with Crippen LogP contribution >= 0.6 is 23.5 Å². The zero-order chi connectivity index (χ0) is 24.5. The number of nitrogens with two attached hydrogens (primary N) is 1. The quantitative estimate of drug-likeness (QED) is 0.223. The minimum Gasteiger partial charge on any atom is -0.383 e. The van der Waals surface area contributed by atoms with Crippen molar-refractivity contribution in [1.29, 1.82) is 0 Å². The van der Waals surface area contributed by atoms with E-state index in [1.807, 2.05) is 0 Å². The number of alkyl halides is 3. The van der Waals surface area contributed by atoms with E-state index in [0.717, 1.165) is 6.07 Å². The lowest BCUT2D eigenvalue weighted by Gasteiger charge is -2.28. The van der Waals surface area contributed by atoms with Gasteiger partial charge in [-0.25, -0.2) is 22.9 Å². The topological polar surface area (TPSA) is 250 Å². The third kappa shape index (κ3) is 3.98. The number of phosphoric ester groups is 1. The van der Waals surface area contributed by atoms with Gasteiger partial charge >= 0.3 is 35.1 Å². The third-order valence-electron chi connectivity index (χ3n) is 4.46. The number of halogens is 3. The van der Waals surface area contributed by atoms with E-state index in [2.05, 4.69) is 18.1 Å². The fourth-order valence-electron chi connectivity index (χ4n) is 3.16. The summed E-state index contributed by atoms with van der Waals surface area (Å²) in [6, 6.07) is 0.903. The van der Waals surface area contributed by atoms with E-state index in [1.54, 1.807) is 0 Å². The normalized spacial score (nSPS) is 35.0. The van der Waals surface area contributed by atoms with Crippen molar-refractivity contribution in [3.63, 3.8) is 0 Å². The van der Waals surface area contributed by atoms with E-state index in [9.17, 15) is 41.7 Å². The van der Waals surface area contributed by atoms with Crippen LogP contribution in [0.25, 0.3) is 0 Å². The minimum atomic E-state index is -6.03. The molecular weight excluding hydrogens is 520 g/mol. The highest BCUT2D eigenvalue weighted by Gasteiger charge is 2.97. The predicted molar refractivity (Wildman–Crippen MR) is 90.4 cm³/mol. The standard InChI is InChI=1S/C10H13F3N3O13P3/c11-3-8-5(27-31(22,23)29-32(24,25)28-30(19,20)21)9(8,18)10(12,13)6(26-8)16-2-1-4(14)15-7(16)17/h1-2,5-6,18H,3H2,(H,22,23)(H,24,25)(H2,14,15,17)(H2,19,20,21)/t5?,6-,8?,9?/m1/s1. The highest BCUT2D eigenvalue weighted by atomic mass is 31.3. The number of hydrogen-bond donors (Lipinski definition) is 6. The fourth-order valence-corrected chi connectivity index (χ4v) is 6.41. The summed E-state index contributed by atoms with van der Waals surface area (Å²) in [6.07, 6.45) is -4.69. The SMILES string of the molecule is Nc1ccn([C@@H]2OC3(CF)C(OP(=O)(O)OP(=O)(O)OP(=O)(O)O)C3(O)C2(F)F)c(=O)n1. The van der Waals surface area contributed by atoms with Gasteiger partial charge in [0.25, 0.3) is 0 Å². The van der Waals surface area contributed by atoms with E-state index in [4.69, 9.17) is 25.2 Å². The molecule has 5 unspecified atom stereocenters. The zero-order valence-corrected chi connectivity index (χ0v) is 17.6. The Kier molecular flexibility index (Phi) is 5.88. The van der Waals surface area contributed by atoms with E-state index in [0.29, 0.717) is 6.20 Å². The fraction of sp³-hybridized carbons (Fsp3) is 0.600. The Morgan fingerprint density at radius 1 is 1.19 bits per heavy atom. The van der Waals surface area contributed by atoms with E-state index < -0.39 is 65.3 Å². The molecule has 1 aromatic heterocycles. The average Bonchev–Trinajstić information content (AvgIpc) is 3.00. The van der Waals surface area contributed by atoms with E-state index in [1.165, 1.54) is 0 Å². The number of ether oxygens (including phenoxy) is 1.